The molecule has 3 heterocycles. The van der Waals surface area contributed by atoms with Crippen LogP contribution in [0.3, 0.4) is 0 Å². The van der Waals surface area contributed by atoms with Gasteiger partial charge in [-0.05, 0) is 18.6 Å². The number of aromatic nitrogens is 3. The lowest BCUT2D eigenvalue weighted by atomic mass is 10.2. The Hall–Kier alpha value is -3.00. The van der Waals surface area contributed by atoms with Crippen LogP contribution in [0.4, 0.5) is 0 Å². The Morgan fingerprint density at radius 2 is 2.19 bits per heavy atom. The fourth-order valence-corrected chi connectivity index (χ4v) is 3.37. The molecule has 0 N–H and O–H groups in total. The Morgan fingerprint density at radius 1 is 1.35 bits per heavy atom. The number of hydrogen-bond donors (Lipinski definition) is 0. The van der Waals surface area contributed by atoms with E-state index in [0.717, 1.165) is 16.8 Å². The highest BCUT2D eigenvalue weighted by molar-refractivity contribution is 7.09. The quantitative estimate of drug-likeness (QED) is 0.503. The number of fused-ring (bicyclic) bond motifs is 3. The van der Waals surface area contributed by atoms with Crippen LogP contribution in [-0.2, 0) is 29.1 Å². The van der Waals surface area contributed by atoms with Gasteiger partial charge in [-0.25, -0.2) is 9.97 Å². The van der Waals surface area contributed by atoms with Crippen molar-refractivity contribution in [2.24, 2.45) is 0 Å². The highest BCUT2D eigenvalue weighted by atomic mass is 32.1. The minimum atomic E-state index is -0.532. The fraction of sp³-hybridized carbons (Fsp3) is 0.222. The van der Waals surface area contributed by atoms with Crippen LogP contribution in [0.1, 0.15) is 17.6 Å². The number of para-hydroxylation sites is 1. The summed E-state index contributed by atoms with van der Waals surface area (Å²) in [5.41, 5.74) is 1.50. The number of nitrogens with zero attached hydrogens (tertiary/aromatic N) is 3. The van der Waals surface area contributed by atoms with E-state index in [1.165, 1.54) is 22.2 Å². The molecule has 4 rings (SSSR count). The molecule has 4 aromatic rings. The molecule has 0 atom stereocenters. The van der Waals surface area contributed by atoms with Crippen molar-refractivity contribution in [2.45, 2.75) is 26.5 Å². The topological polar surface area (TPSA) is 87.2 Å². The number of esters is 1. The number of ether oxygens (including phenoxy) is 1. The standard InChI is InChI=1S/C18H15N3O4S/c1-2-14-20-11(9-26-14)8-24-15(22)7-21-10-19-16-12-5-3-4-6-13(12)25-17(16)18(21)23/h3-6,9-10H,2,7-8H2,1H3. The zero-order chi connectivity index (χ0) is 18.1. The van der Waals surface area contributed by atoms with Crippen molar-refractivity contribution >= 4 is 39.4 Å². The predicted molar refractivity (Wildman–Crippen MR) is 97.1 cm³/mol. The van der Waals surface area contributed by atoms with E-state index in [0.29, 0.717) is 16.8 Å². The maximum absolute atomic E-state index is 12.6. The van der Waals surface area contributed by atoms with Crippen molar-refractivity contribution in [1.82, 2.24) is 14.5 Å². The van der Waals surface area contributed by atoms with E-state index in [1.807, 2.05) is 30.5 Å². The van der Waals surface area contributed by atoms with Crippen molar-refractivity contribution in [3.05, 3.63) is 57.0 Å². The van der Waals surface area contributed by atoms with Gasteiger partial charge in [-0.2, -0.15) is 0 Å². The fourth-order valence-electron chi connectivity index (χ4n) is 2.64. The molecule has 7 nitrogen and oxygen atoms in total. The minimum Gasteiger partial charge on any atom is -0.458 e. The third-order valence-electron chi connectivity index (χ3n) is 3.93. The van der Waals surface area contributed by atoms with E-state index in [-0.39, 0.29) is 18.7 Å². The van der Waals surface area contributed by atoms with Gasteiger partial charge in [0.05, 0.1) is 17.0 Å². The summed E-state index contributed by atoms with van der Waals surface area (Å²) in [5, 5.41) is 3.62. The molecular formula is C18H15N3O4S. The molecule has 0 fully saturated rings. The van der Waals surface area contributed by atoms with Crippen molar-refractivity contribution in [3.63, 3.8) is 0 Å². The SMILES string of the molecule is CCc1nc(COC(=O)Cn2cnc3c(oc4ccccc43)c2=O)cs1. The van der Waals surface area contributed by atoms with Crippen LogP contribution in [0.2, 0.25) is 0 Å². The third kappa shape index (κ3) is 2.99. The van der Waals surface area contributed by atoms with Gasteiger partial charge in [0, 0.05) is 10.8 Å². The van der Waals surface area contributed by atoms with Crippen molar-refractivity contribution in [3.8, 4) is 0 Å². The van der Waals surface area contributed by atoms with Crippen LogP contribution >= 0.6 is 11.3 Å². The number of benzene rings is 1. The molecule has 0 bridgehead atoms. The first-order valence-corrected chi connectivity index (χ1v) is 8.99. The average molecular weight is 369 g/mol. The van der Waals surface area contributed by atoms with Gasteiger partial charge < -0.3 is 9.15 Å². The Morgan fingerprint density at radius 3 is 3.00 bits per heavy atom. The van der Waals surface area contributed by atoms with Gasteiger partial charge in [-0.15, -0.1) is 11.3 Å². The van der Waals surface area contributed by atoms with E-state index in [2.05, 4.69) is 9.97 Å². The summed E-state index contributed by atoms with van der Waals surface area (Å²) in [7, 11) is 0. The zero-order valence-corrected chi connectivity index (χ0v) is 14.8. The number of hydrogen-bond acceptors (Lipinski definition) is 7. The van der Waals surface area contributed by atoms with Crippen LogP contribution in [0.5, 0.6) is 0 Å². The molecular weight excluding hydrogens is 354 g/mol. The lowest BCUT2D eigenvalue weighted by molar-refractivity contribution is -0.145. The maximum Gasteiger partial charge on any atom is 0.326 e. The number of thiazole rings is 1. The molecule has 0 radical (unpaired) electrons. The van der Waals surface area contributed by atoms with E-state index in [9.17, 15) is 9.59 Å². The number of carbonyl (C=O) groups excluding carboxylic acids is 1. The van der Waals surface area contributed by atoms with E-state index < -0.39 is 11.5 Å². The molecule has 3 aromatic heterocycles. The van der Waals surface area contributed by atoms with E-state index in [1.54, 1.807) is 6.07 Å². The molecule has 0 aliphatic carbocycles. The molecule has 0 saturated heterocycles. The molecule has 0 amide bonds. The predicted octanol–water partition coefficient (Wildman–Crippen LogP) is 2.91. The molecule has 0 aliphatic rings. The van der Waals surface area contributed by atoms with Crippen LogP contribution in [0.25, 0.3) is 22.1 Å². The summed E-state index contributed by atoms with van der Waals surface area (Å²) in [6.07, 6.45) is 2.18. The van der Waals surface area contributed by atoms with Crippen LogP contribution < -0.4 is 5.56 Å². The smallest absolute Gasteiger partial charge is 0.326 e. The summed E-state index contributed by atoms with van der Waals surface area (Å²) < 4.78 is 12.0. The molecule has 1 aromatic carbocycles. The average Bonchev–Trinajstić information content (AvgIpc) is 3.27. The Labute approximate surface area is 151 Å². The van der Waals surface area contributed by atoms with Gasteiger partial charge in [0.25, 0.3) is 5.56 Å². The lowest BCUT2D eigenvalue weighted by Gasteiger charge is -2.05. The van der Waals surface area contributed by atoms with Gasteiger partial charge >= 0.3 is 5.97 Å². The highest BCUT2D eigenvalue weighted by Gasteiger charge is 2.15. The van der Waals surface area contributed by atoms with Gasteiger partial charge in [0.15, 0.2) is 0 Å². The van der Waals surface area contributed by atoms with Gasteiger partial charge in [-0.3, -0.25) is 14.2 Å². The minimum absolute atomic E-state index is 0.0877. The second-order valence-electron chi connectivity index (χ2n) is 5.70. The summed E-state index contributed by atoms with van der Waals surface area (Å²) in [5.74, 6) is -0.532. The second-order valence-corrected chi connectivity index (χ2v) is 6.64. The molecule has 26 heavy (non-hydrogen) atoms. The monoisotopic (exact) mass is 369 g/mol. The third-order valence-corrected chi connectivity index (χ3v) is 4.97. The summed E-state index contributed by atoms with van der Waals surface area (Å²) in [4.78, 5) is 33.2. The zero-order valence-electron chi connectivity index (χ0n) is 14.0. The van der Waals surface area contributed by atoms with Crippen molar-refractivity contribution in [1.29, 1.82) is 0 Å². The molecule has 0 saturated carbocycles. The number of aryl methyl sites for hydroxylation is 1. The first-order valence-electron chi connectivity index (χ1n) is 8.11. The van der Waals surface area contributed by atoms with E-state index in [4.69, 9.17) is 9.15 Å². The van der Waals surface area contributed by atoms with Gasteiger partial charge in [0.1, 0.15) is 24.3 Å². The van der Waals surface area contributed by atoms with E-state index >= 15 is 0 Å². The van der Waals surface area contributed by atoms with Crippen LogP contribution in [-0.4, -0.2) is 20.5 Å². The first kappa shape index (κ1) is 16.5. The van der Waals surface area contributed by atoms with Crippen LogP contribution in [0, 0.1) is 0 Å². The molecule has 132 valence electrons. The molecule has 0 unspecified atom stereocenters. The lowest BCUT2D eigenvalue weighted by Crippen LogP contribution is -2.25. The second kappa shape index (κ2) is 6.72. The Balaban J connectivity index is 1.53. The van der Waals surface area contributed by atoms with Crippen molar-refractivity contribution in [2.75, 3.05) is 0 Å². The molecule has 0 aliphatic heterocycles. The summed E-state index contributed by atoms with van der Waals surface area (Å²) in [6.45, 7) is 1.87. The van der Waals surface area contributed by atoms with Gasteiger partial charge in [-0.1, -0.05) is 19.1 Å². The largest absolute Gasteiger partial charge is 0.458 e. The maximum atomic E-state index is 12.6. The number of carbonyl (C=O) groups is 1. The number of furan rings is 1. The highest BCUT2D eigenvalue weighted by Crippen LogP contribution is 2.24. The molecule has 8 heteroatoms. The first-order chi connectivity index (χ1) is 12.7. The normalized spacial score (nSPS) is 11.3. The number of rotatable bonds is 5. The van der Waals surface area contributed by atoms with Gasteiger partial charge in [0.2, 0.25) is 5.58 Å². The van der Waals surface area contributed by atoms with Crippen LogP contribution in [0.15, 0.2) is 45.2 Å². The Bertz CT molecular complexity index is 1160. The Kier molecular flexibility index (Phi) is 4.26. The molecule has 0 spiro atoms. The summed E-state index contributed by atoms with van der Waals surface area (Å²) in [6, 6.07) is 7.28. The summed E-state index contributed by atoms with van der Waals surface area (Å²) >= 11 is 1.53. The van der Waals surface area contributed by atoms with Crippen molar-refractivity contribution < 1.29 is 13.9 Å².